The van der Waals surface area contributed by atoms with E-state index in [1.54, 1.807) is 4.90 Å². The minimum absolute atomic E-state index is 0.0974. The highest BCUT2D eigenvalue weighted by Gasteiger charge is 2.45. The fraction of sp³-hybridized carbons (Fsp3) is 0.478. The van der Waals surface area contributed by atoms with Crippen molar-refractivity contribution in [2.24, 2.45) is 5.41 Å². The number of amides is 1. The average Bonchev–Trinajstić information content (AvgIpc) is 3.22. The quantitative estimate of drug-likeness (QED) is 0.651. The van der Waals surface area contributed by atoms with Crippen LogP contribution in [-0.2, 0) is 16.0 Å². The topological polar surface area (TPSA) is 65.1 Å². The molecule has 0 unspecified atom stereocenters. The van der Waals surface area contributed by atoms with Crippen molar-refractivity contribution < 1.29 is 23.8 Å². The first-order valence-electron chi connectivity index (χ1n) is 10.5. The molecule has 0 bridgehead atoms. The van der Waals surface area contributed by atoms with Crippen molar-refractivity contribution in [1.29, 1.82) is 0 Å². The Labute approximate surface area is 180 Å². The Morgan fingerprint density at radius 1 is 1.20 bits per heavy atom. The SMILES string of the molecule is CCOC(=O)[C@@]1(CCc2ccccc2)CCCN(C(=O)c2scc3c2OCCO3)C1. The molecule has 2 aromatic rings. The van der Waals surface area contributed by atoms with Gasteiger partial charge in [-0.15, -0.1) is 11.3 Å². The molecule has 1 aromatic carbocycles. The lowest BCUT2D eigenvalue weighted by molar-refractivity contribution is -0.159. The summed E-state index contributed by atoms with van der Waals surface area (Å²) in [7, 11) is 0. The van der Waals surface area contributed by atoms with E-state index in [9.17, 15) is 9.59 Å². The van der Waals surface area contributed by atoms with Crippen molar-refractivity contribution in [2.75, 3.05) is 32.9 Å². The summed E-state index contributed by atoms with van der Waals surface area (Å²) in [5.41, 5.74) is 0.497. The van der Waals surface area contributed by atoms with Gasteiger partial charge in [0.1, 0.15) is 18.1 Å². The molecule has 0 radical (unpaired) electrons. The Morgan fingerprint density at radius 2 is 2.00 bits per heavy atom. The van der Waals surface area contributed by atoms with Crippen LogP contribution in [0.2, 0.25) is 0 Å². The van der Waals surface area contributed by atoms with Gasteiger partial charge in [-0.3, -0.25) is 9.59 Å². The molecule has 1 amide bonds. The number of ether oxygens (including phenoxy) is 3. The van der Waals surface area contributed by atoms with Crippen LogP contribution in [0.25, 0.3) is 0 Å². The first kappa shape index (κ1) is 20.7. The van der Waals surface area contributed by atoms with Crippen molar-refractivity contribution >= 4 is 23.2 Å². The number of carbonyl (C=O) groups is 2. The van der Waals surface area contributed by atoms with E-state index in [2.05, 4.69) is 12.1 Å². The predicted octanol–water partition coefficient (Wildman–Crippen LogP) is 3.94. The molecule has 160 valence electrons. The second kappa shape index (κ2) is 9.08. The summed E-state index contributed by atoms with van der Waals surface area (Å²) in [6, 6.07) is 10.1. The van der Waals surface area contributed by atoms with Crippen LogP contribution in [0.15, 0.2) is 35.7 Å². The third-order valence-corrected chi connectivity index (χ3v) is 6.73. The molecule has 6 nitrogen and oxygen atoms in total. The number of carbonyl (C=O) groups excluding carboxylic acids is 2. The number of benzene rings is 1. The number of likely N-dealkylation sites (tertiary alicyclic amines) is 1. The van der Waals surface area contributed by atoms with Gasteiger partial charge in [0, 0.05) is 18.5 Å². The summed E-state index contributed by atoms with van der Waals surface area (Å²) in [5.74, 6) is 0.867. The number of thiophene rings is 1. The van der Waals surface area contributed by atoms with E-state index in [4.69, 9.17) is 14.2 Å². The van der Waals surface area contributed by atoms with Crippen molar-refractivity contribution in [1.82, 2.24) is 4.90 Å². The number of esters is 1. The molecule has 0 spiro atoms. The molecule has 1 atom stereocenters. The number of aryl methyl sites for hydroxylation is 1. The first-order valence-corrected chi connectivity index (χ1v) is 11.4. The maximum absolute atomic E-state index is 13.3. The fourth-order valence-electron chi connectivity index (χ4n) is 4.24. The Morgan fingerprint density at radius 3 is 2.80 bits per heavy atom. The molecule has 4 rings (SSSR count). The zero-order chi connectivity index (χ0) is 21.0. The van der Waals surface area contributed by atoms with E-state index in [1.807, 2.05) is 30.5 Å². The minimum atomic E-state index is -0.686. The van der Waals surface area contributed by atoms with Gasteiger partial charge in [-0.2, -0.15) is 0 Å². The summed E-state index contributed by atoms with van der Waals surface area (Å²) in [4.78, 5) is 28.7. The molecule has 1 saturated heterocycles. The van der Waals surface area contributed by atoms with Crippen molar-refractivity contribution in [3.8, 4) is 11.5 Å². The maximum atomic E-state index is 13.3. The van der Waals surface area contributed by atoms with Crippen LogP contribution in [0.1, 0.15) is 41.4 Å². The molecule has 30 heavy (non-hydrogen) atoms. The monoisotopic (exact) mass is 429 g/mol. The standard InChI is InChI=1S/C23H27NO5S/c1-2-27-22(26)23(11-9-17-7-4-3-5-8-17)10-6-12-24(16-23)21(25)20-19-18(15-30-20)28-13-14-29-19/h3-5,7-8,15H,2,6,9-14,16H2,1H3/t23-/m1/s1. The molecule has 2 aliphatic heterocycles. The number of hydrogen-bond donors (Lipinski definition) is 0. The molecular formula is C23H27NO5S. The van der Waals surface area contributed by atoms with Gasteiger partial charge >= 0.3 is 5.97 Å². The molecular weight excluding hydrogens is 402 g/mol. The summed E-state index contributed by atoms with van der Waals surface area (Å²) in [6.07, 6.45) is 2.92. The van der Waals surface area contributed by atoms with Gasteiger partial charge in [-0.05, 0) is 38.2 Å². The second-order valence-corrected chi connectivity index (χ2v) is 8.65. The zero-order valence-corrected chi connectivity index (χ0v) is 18.0. The lowest BCUT2D eigenvalue weighted by Gasteiger charge is -2.41. The maximum Gasteiger partial charge on any atom is 0.313 e. The Kier molecular flexibility index (Phi) is 6.27. The van der Waals surface area contributed by atoms with Crippen LogP contribution in [-0.4, -0.2) is 49.7 Å². The first-order chi connectivity index (χ1) is 14.6. The van der Waals surface area contributed by atoms with Crippen LogP contribution in [0, 0.1) is 5.41 Å². The lowest BCUT2D eigenvalue weighted by Crippen LogP contribution is -2.50. The van der Waals surface area contributed by atoms with Gasteiger partial charge in [-0.1, -0.05) is 30.3 Å². The number of nitrogens with zero attached hydrogens (tertiary/aromatic N) is 1. The van der Waals surface area contributed by atoms with Gasteiger partial charge < -0.3 is 19.1 Å². The van der Waals surface area contributed by atoms with Crippen LogP contribution >= 0.6 is 11.3 Å². The van der Waals surface area contributed by atoms with Gasteiger partial charge in [0.15, 0.2) is 11.5 Å². The van der Waals surface area contributed by atoms with Crippen molar-refractivity contribution in [3.05, 3.63) is 46.2 Å². The highest BCUT2D eigenvalue weighted by atomic mass is 32.1. The molecule has 3 heterocycles. The van der Waals surface area contributed by atoms with Crippen LogP contribution in [0.4, 0.5) is 0 Å². The summed E-state index contributed by atoms with van der Waals surface area (Å²) in [5, 5.41) is 1.82. The molecule has 0 N–H and O–H groups in total. The normalized spacial score (nSPS) is 20.6. The third-order valence-electron chi connectivity index (χ3n) is 5.80. The molecule has 0 aliphatic carbocycles. The Balaban J connectivity index is 1.54. The number of rotatable bonds is 6. The summed E-state index contributed by atoms with van der Waals surface area (Å²) < 4.78 is 16.7. The van der Waals surface area contributed by atoms with Gasteiger partial charge in [-0.25, -0.2) is 0 Å². The zero-order valence-electron chi connectivity index (χ0n) is 17.2. The molecule has 1 aromatic heterocycles. The highest BCUT2D eigenvalue weighted by molar-refractivity contribution is 7.12. The minimum Gasteiger partial charge on any atom is -0.485 e. The van der Waals surface area contributed by atoms with Crippen LogP contribution in [0.5, 0.6) is 11.5 Å². The molecule has 0 saturated carbocycles. The van der Waals surface area contributed by atoms with E-state index < -0.39 is 5.41 Å². The van der Waals surface area contributed by atoms with Gasteiger partial charge in [0.25, 0.3) is 5.91 Å². The smallest absolute Gasteiger partial charge is 0.313 e. The van der Waals surface area contributed by atoms with Crippen molar-refractivity contribution in [3.63, 3.8) is 0 Å². The van der Waals surface area contributed by atoms with Crippen molar-refractivity contribution in [2.45, 2.75) is 32.6 Å². The fourth-order valence-corrected chi connectivity index (χ4v) is 5.14. The van der Waals surface area contributed by atoms with E-state index >= 15 is 0 Å². The number of piperidine rings is 1. The molecule has 1 fully saturated rings. The van der Waals surface area contributed by atoms with E-state index in [1.165, 1.54) is 16.9 Å². The Hall–Kier alpha value is -2.54. The van der Waals surface area contributed by atoms with E-state index in [0.29, 0.717) is 55.7 Å². The lowest BCUT2D eigenvalue weighted by atomic mass is 9.75. The van der Waals surface area contributed by atoms with Gasteiger partial charge in [0.05, 0.1) is 12.0 Å². The van der Waals surface area contributed by atoms with Gasteiger partial charge in [0.2, 0.25) is 0 Å². The van der Waals surface area contributed by atoms with E-state index in [0.717, 1.165) is 19.3 Å². The van der Waals surface area contributed by atoms with Crippen LogP contribution < -0.4 is 9.47 Å². The summed E-state index contributed by atoms with van der Waals surface area (Å²) >= 11 is 1.34. The second-order valence-electron chi connectivity index (χ2n) is 7.77. The highest BCUT2D eigenvalue weighted by Crippen LogP contribution is 2.42. The summed E-state index contributed by atoms with van der Waals surface area (Å²) in [6.45, 7) is 4.08. The van der Waals surface area contributed by atoms with E-state index in [-0.39, 0.29) is 11.9 Å². The average molecular weight is 430 g/mol. The predicted molar refractivity (Wildman–Crippen MR) is 114 cm³/mol. The largest absolute Gasteiger partial charge is 0.485 e. The third kappa shape index (κ3) is 4.17. The number of fused-ring (bicyclic) bond motifs is 1. The van der Waals surface area contributed by atoms with Crippen LogP contribution in [0.3, 0.4) is 0 Å². The number of hydrogen-bond acceptors (Lipinski definition) is 6. The Bertz CT molecular complexity index is 896. The molecule has 7 heteroatoms. The molecule has 2 aliphatic rings.